The molecular formula is C22H16N2O4. The predicted octanol–water partition coefficient (Wildman–Crippen LogP) is 4.57. The maximum absolute atomic E-state index is 13.0. The van der Waals surface area contributed by atoms with Crippen LogP contribution in [0.2, 0.25) is 0 Å². The Morgan fingerprint density at radius 3 is 2.43 bits per heavy atom. The quantitative estimate of drug-likeness (QED) is 0.388. The van der Waals surface area contributed by atoms with Crippen molar-refractivity contribution in [2.45, 2.75) is 0 Å². The van der Waals surface area contributed by atoms with E-state index in [9.17, 15) is 14.9 Å². The number of benzene rings is 3. The zero-order valence-corrected chi connectivity index (χ0v) is 15.0. The molecule has 0 aliphatic heterocycles. The Morgan fingerprint density at radius 2 is 1.71 bits per heavy atom. The fourth-order valence-electron chi connectivity index (χ4n) is 3.23. The van der Waals surface area contributed by atoms with Crippen LogP contribution in [0, 0.1) is 10.1 Å². The van der Waals surface area contributed by atoms with E-state index in [-0.39, 0.29) is 17.0 Å². The van der Waals surface area contributed by atoms with Crippen molar-refractivity contribution in [2.24, 2.45) is 0 Å². The lowest BCUT2D eigenvalue weighted by Gasteiger charge is -2.10. The van der Waals surface area contributed by atoms with Crippen molar-refractivity contribution in [1.29, 1.82) is 0 Å². The summed E-state index contributed by atoms with van der Waals surface area (Å²) >= 11 is 0. The minimum absolute atomic E-state index is 0.148. The van der Waals surface area contributed by atoms with Crippen molar-refractivity contribution in [3.63, 3.8) is 0 Å². The smallest absolute Gasteiger partial charge is 0.312 e. The van der Waals surface area contributed by atoms with Crippen LogP contribution in [0.1, 0.15) is 0 Å². The van der Waals surface area contributed by atoms with E-state index in [0.717, 1.165) is 16.5 Å². The summed E-state index contributed by atoms with van der Waals surface area (Å²) in [5.41, 5.74) is 2.07. The molecule has 138 valence electrons. The number of hydrogen-bond donors (Lipinski definition) is 0. The van der Waals surface area contributed by atoms with E-state index in [2.05, 4.69) is 0 Å². The van der Waals surface area contributed by atoms with E-state index in [4.69, 9.17) is 4.74 Å². The van der Waals surface area contributed by atoms with Gasteiger partial charge in [0.1, 0.15) is 0 Å². The molecule has 0 radical (unpaired) electrons. The highest BCUT2D eigenvalue weighted by atomic mass is 16.6. The van der Waals surface area contributed by atoms with Crippen molar-refractivity contribution < 1.29 is 9.66 Å². The van der Waals surface area contributed by atoms with E-state index < -0.39 is 4.92 Å². The number of hydrogen-bond acceptors (Lipinski definition) is 4. The second-order valence-corrected chi connectivity index (χ2v) is 6.27. The van der Waals surface area contributed by atoms with E-state index >= 15 is 0 Å². The lowest BCUT2D eigenvalue weighted by Crippen LogP contribution is -2.17. The lowest BCUT2D eigenvalue weighted by molar-refractivity contribution is -0.385. The maximum Gasteiger partial charge on any atom is 0.312 e. The molecular weight excluding hydrogens is 356 g/mol. The number of aromatic nitrogens is 1. The number of methoxy groups -OCH3 is 1. The van der Waals surface area contributed by atoms with Crippen LogP contribution in [0.4, 0.5) is 5.69 Å². The Morgan fingerprint density at radius 1 is 0.929 bits per heavy atom. The van der Waals surface area contributed by atoms with E-state index in [1.165, 1.54) is 23.8 Å². The molecule has 0 atom stereocenters. The Bertz CT molecular complexity index is 1250. The highest BCUT2D eigenvalue weighted by Gasteiger charge is 2.16. The minimum atomic E-state index is -0.527. The molecule has 0 bridgehead atoms. The third-order valence-electron chi connectivity index (χ3n) is 4.65. The molecule has 0 saturated carbocycles. The van der Waals surface area contributed by atoms with Crippen molar-refractivity contribution in [1.82, 2.24) is 4.57 Å². The Labute approximate surface area is 160 Å². The number of ether oxygens (including phenoxy) is 1. The summed E-state index contributed by atoms with van der Waals surface area (Å²) in [7, 11) is 1.37. The van der Waals surface area contributed by atoms with Gasteiger partial charge in [-0.15, -0.1) is 0 Å². The molecule has 0 fully saturated rings. The molecule has 0 aliphatic carbocycles. The number of rotatable bonds is 4. The van der Waals surface area contributed by atoms with Gasteiger partial charge >= 0.3 is 5.69 Å². The average Bonchev–Trinajstić information content (AvgIpc) is 2.74. The van der Waals surface area contributed by atoms with Gasteiger partial charge in [-0.05, 0) is 46.8 Å². The SMILES string of the molecule is COc1ccc(-n2ccc3cc(-c4ccccc4)ccc3c2=O)cc1[N+](=O)[O-]. The van der Waals surface area contributed by atoms with Crippen molar-refractivity contribution in [3.05, 3.63) is 99.5 Å². The molecule has 0 unspecified atom stereocenters. The zero-order valence-electron chi connectivity index (χ0n) is 15.0. The molecule has 0 aliphatic rings. The van der Waals surface area contributed by atoms with Crippen molar-refractivity contribution in [3.8, 4) is 22.6 Å². The first-order valence-electron chi connectivity index (χ1n) is 8.62. The van der Waals surface area contributed by atoms with Crippen LogP contribution in [-0.2, 0) is 0 Å². The van der Waals surface area contributed by atoms with Gasteiger partial charge in [0.25, 0.3) is 5.56 Å². The fraction of sp³-hybridized carbons (Fsp3) is 0.0455. The topological polar surface area (TPSA) is 74.4 Å². The van der Waals surface area contributed by atoms with E-state index in [0.29, 0.717) is 11.1 Å². The van der Waals surface area contributed by atoms with Crippen LogP contribution in [0.5, 0.6) is 5.75 Å². The molecule has 1 heterocycles. The number of pyridine rings is 1. The zero-order chi connectivity index (χ0) is 19.7. The second kappa shape index (κ2) is 7.00. The molecule has 0 spiro atoms. The summed E-state index contributed by atoms with van der Waals surface area (Å²) in [6, 6.07) is 21.8. The van der Waals surface area contributed by atoms with Gasteiger partial charge in [0.15, 0.2) is 5.75 Å². The molecule has 4 aromatic rings. The number of fused-ring (bicyclic) bond motifs is 1. The maximum atomic E-state index is 13.0. The fourth-order valence-corrected chi connectivity index (χ4v) is 3.23. The van der Waals surface area contributed by atoms with Crippen LogP contribution < -0.4 is 10.3 Å². The van der Waals surface area contributed by atoms with Gasteiger partial charge in [-0.2, -0.15) is 0 Å². The molecule has 3 aromatic carbocycles. The van der Waals surface area contributed by atoms with Crippen molar-refractivity contribution in [2.75, 3.05) is 7.11 Å². The largest absolute Gasteiger partial charge is 0.490 e. The normalized spacial score (nSPS) is 10.8. The highest BCUT2D eigenvalue weighted by molar-refractivity contribution is 5.86. The summed E-state index contributed by atoms with van der Waals surface area (Å²) in [6.45, 7) is 0. The summed E-state index contributed by atoms with van der Waals surface area (Å²) < 4.78 is 6.42. The van der Waals surface area contributed by atoms with Gasteiger partial charge in [-0.25, -0.2) is 0 Å². The Hall–Kier alpha value is -3.93. The number of nitro groups is 1. The molecule has 0 N–H and O–H groups in total. The van der Waals surface area contributed by atoms with Gasteiger partial charge in [0, 0.05) is 17.6 Å². The minimum Gasteiger partial charge on any atom is -0.490 e. The molecule has 6 heteroatoms. The first-order valence-corrected chi connectivity index (χ1v) is 8.62. The number of nitrogens with zero attached hydrogens (tertiary/aromatic N) is 2. The highest BCUT2D eigenvalue weighted by Crippen LogP contribution is 2.29. The average molecular weight is 372 g/mol. The number of nitro benzene ring substituents is 1. The van der Waals surface area contributed by atoms with E-state index in [1.54, 1.807) is 18.3 Å². The molecule has 0 amide bonds. The van der Waals surface area contributed by atoms with Gasteiger partial charge in [0.2, 0.25) is 0 Å². The van der Waals surface area contributed by atoms with Crippen LogP contribution >= 0.6 is 0 Å². The first kappa shape index (κ1) is 17.5. The summed E-state index contributed by atoms with van der Waals surface area (Å²) in [4.78, 5) is 23.7. The first-order chi connectivity index (χ1) is 13.6. The van der Waals surface area contributed by atoms with Crippen LogP contribution in [0.25, 0.3) is 27.6 Å². The molecule has 4 rings (SSSR count). The molecule has 0 saturated heterocycles. The van der Waals surface area contributed by atoms with Crippen LogP contribution in [0.15, 0.2) is 83.8 Å². The van der Waals surface area contributed by atoms with Gasteiger partial charge in [-0.3, -0.25) is 19.5 Å². The Balaban J connectivity index is 1.84. The summed E-state index contributed by atoms with van der Waals surface area (Å²) in [6.07, 6.45) is 1.63. The third-order valence-corrected chi connectivity index (χ3v) is 4.65. The second-order valence-electron chi connectivity index (χ2n) is 6.27. The third kappa shape index (κ3) is 3.01. The molecule has 6 nitrogen and oxygen atoms in total. The molecule has 28 heavy (non-hydrogen) atoms. The predicted molar refractivity (Wildman–Crippen MR) is 108 cm³/mol. The Kier molecular flexibility index (Phi) is 4.37. The summed E-state index contributed by atoms with van der Waals surface area (Å²) in [5.74, 6) is 0.148. The standard InChI is InChI=1S/C22H16N2O4/c1-28-21-10-8-18(14-20(21)24(26)27)23-12-11-17-13-16(7-9-19(17)22(23)25)15-5-3-2-4-6-15/h2-14H,1H3. The van der Waals surface area contributed by atoms with Crippen LogP contribution in [0.3, 0.4) is 0 Å². The monoisotopic (exact) mass is 372 g/mol. The van der Waals surface area contributed by atoms with E-state index in [1.807, 2.05) is 48.5 Å². The van der Waals surface area contributed by atoms with Gasteiger partial charge < -0.3 is 4.74 Å². The lowest BCUT2D eigenvalue weighted by atomic mass is 10.0. The van der Waals surface area contributed by atoms with Gasteiger partial charge in [-0.1, -0.05) is 36.4 Å². The van der Waals surface area contributed by atoms with Crippen molar-refractivity contribution >= 4 is 16.5 Å². The van der Waals surface area contributed by atoms with Gasteiger partial charge in [0.05, 0.1) is 17.7 Å². The molecule has 1 aromatic heterocycles. The summed E-state index contributed by atoms with van der Waals surface area (Å²) in [5, 5.41) is 12.6. The van der Waals surface area contributed by atoms with Crippen LogP contribution in [-0.4, -0.2) is 16.6 Å².